The van der Waals surface area contributed by atoms with Crippen molar-refractivity contribution in [2.75, 3.05) is 26.0 Å². The number of aromatic nitrogens is 2. The Balaban J connectivity index is 1.45. The summed E-state index contributed by atoms with van der Waals surface area (Å²) in [4.78, 5) is 18.5. The molecular formula is C31H36FN5O2. The lowest BCUT2D eigenvalue weighted by atomic mass is 9.96. The third-order valence-corrected chi connectivity index (χ3v) is 7.29. The third kappa shape index (κ3) is 6.10. The van der Waals surface area contributed by atoms with Crippen LogP contribution in [0.5, 0.6) is 11.5 Å². The average molecular weight is 530 g/mol. The van der Waals surface area contributed by atoms with E-state index in [1.807, 2.05) is 38.4 Å². The number of anilines is 1. The van der Waals surface area contributed by atoms with Crippen molar-refractivity contribution in [3.05, 3.63) is 64.4 Å². The maximum atomic E-state index is 15.1. The molecule has 204 valence electrons. The smallest absolute Gasteiger partial charge is 0.153 e. The quantitative estimate of drug-likeness (QED) is 0.240. The van der Waals surface area contributed by atoms with Gasteiger partial charge >= 0.3 is 0 Å². The van der Waals surface area contributed by atoms with Gasteiger partial charge in [-0.3, -0.25) is 15.0 Å². The minimum absolute atomic E-state index is 0.118. The molecule has 2 saturated carbocycles. The topological polar surface area (TPSA) is 95.0 Å². The molecule has 0 bridgehead atoms. The molecule has 2 fully saturated rings. The van der Waals surface area contributed by atoms with Gasteiger partial charge in [0.05, 0.1) is 31.1 Å². The Morgan fingerprint density at radius 2 is 1.95 bits per heavy atom. The van der Waals surface area contributed by atoms with Crippen LogP contribution in [0, 0.1) is 25.6 Å². The summed E-state index contributed by atoms with van der Waals surface area (Å²) in [6.45, 7) is 6.61. The van der Waals surface area contributed by atoms with Crippen LogP contribution in [0.1, 0.15) is 66.6 Å². The molecule has 5 rings (SSSR count). The van der Waals surface area contributed by atoms with Crippen LogP contribution in [0.25, 0.3) is 11.3 Å². The zero-order valence-electron chi connectivity index (χ0n) is 23.1. The molecule has 0 saturated heterocycles. The van der Waals surface area contributed by atoms with Gasteiger partial charge in [0, 0.05) is 47.9 Å². The number of nitrogens with zero attached hydrogens (tertiary/aromatic N) is 4. The maximum absolute atomic E-state index is 15.1. The van der Waals surface area contributed by atoms with Crippen LogP contribution < -0.4 is 15.2 Å². The number of rotatable bonds is 11. The number of aryl methyl sites for hydroxylation is 2. The van der Waals surface area contributed by atoms with Gasteiger partial charge in [0.1, 0.15) is 17.2 Å². The number of ether oxygens (including phenoxy) is 2. The lowest BCUT2D eigenvalue weighted by Crippen LogP contribution is -2.11. The Labute approximate surface area is 229 Å². The zero-order valence-corrected chi connectivity index (χ0v) is 23.1. The summed E-state index contributed by atoms with van der Waals surface area (Å²) in [5, 5.41) is 0. The van der Waals surface area contributed by atoms with Crippen molar-refractivity contribution in [2.45, 2.75) is 58.4 Å². The highest BCUT2D eigenvalue weighted by molar-refractivity contribution is 5.93. The Bertz CT molecular complexity index is 1410. The van der Waals surface area contributed by atoms with Crippen molar-refractivity contribution in [2.24, 2.45) is 15.9 Å². The van der Waals surface area contributed by atoms with Gasteiger partial charge in [0.2, 0.25) is 0 Å². The molecule has 2 aliphatic rings. The van der Waals surface area contributed by atoms with Crippen molar-refractivity contribution in [1.82, 2.24) is 9.97 Å². The van der Waals surface area contributed by atoms with Crippen LogP contribution in [0.2, 0.25) is 0 Å². The molecule has 0 aliphatic heterocycles. The van der Waals surface area contributed by atoms with Gasteiger partial charge in [-0.25, -0.2) is 9.37 Å². The van der Waals surface area contributed by atoms with Crippen molar-refractivity contribution >= 4 is 18.1 Å². The summed E-state index contributed by atoms with van der Waals surface area (Å²) in [5.74, 6) is 1.45. The molecule has 2 N–H and O–H groups in total. The first-order chi connectivity index (χ1) is 18.9. The number of nitrogens with two attached hydrogens (primary N) is 1. The SMILES string of the molecule is CCOc1c(C)cc(C(CN=Cc2cc(C=NC3CC3)c(N)c(OC)c2)C2CC2)nc1-c1ccnc(C)c1F. The van der Waals surface area contributed by atoms with E-state index in [2.05, 4.69) is 16.0 Å². The number of aliphatic imine (C=N–C) groups is 2. The van der Waals surface area contributed by atoms with E-state index in [4.69, 9.17) is 25.2 Å². The summed E-state index contributed by atoms with van der Waals surface area (Å²) in [5.41, 5.74) is 11.7. The van der Waals surface area contributed by atoms with E-state index in [1.165, 1.54) is 0 Å². The number of methoxy groups -OCH3 is 1. The van der Waals surface area contributed by atoms with Crippen LogP contribution in [-0.2, 0) is 0 Å². The van der Waals surface area contributed by atoms with E-state index in [-0.39, 0.29) is 11.7 Å². The van der Waals surface area contributed by atoms with Crippen LogP contribution in [0.15, 0.2) is 40.4 Å². The van der Waals surface area contributed by atoms with Crippen LogP contribution in [-0.4, -0.2) is 48.7 Å². The minimum Gasteiger partial charge on any atom is -0.495 e. The normalized spacial score (nSPS) is 16.2. The summed E-state index contributed by atoms with van der Waals surface area (Å²) in [6, 6.07) is 8.03. The highest BCUT2D eigenvalue weighted by atomic mass is 19.1. The first kappa shape index (κ1) is 26.8. The number of halogens is 1. The molecule has 2 heterocycles. The van der Waals surface area contributed by atoms with Crippen LogP contribution >= 0.6 is 0 Å². The number of pyridine rings is 2. The molecular weight excluding hydrogens is 493 g/mol. The van der Waals surface area contributed by atoms with Crippen molar-refractivity contribution in [3.8, 4) is 22.8 Å². The summed E-state index contributed by atoms with van der Waals surface area (Å²) in [7, 11) is 1.61. The molecule has 39 heavy (non-hydrogen) atoms. The first-order valence-corrected chi connectivity index (χ1v) is 13.7. The number of hydrogen-bond acceptors (Lipinski definition) is 7. The van der Waals surface area contributed by atoms with Gasteiger partial charge in [-0.15, -0.1) is 0 Å². The summed E-state index contributed by atoms with van der Waals surface area (Å²) >= 11 is 0. The molecule has 1 unspecified atom stereocenters. The molecule has 0 amide bonds. The maximum Gasteiger partial charge on any atom is 0.153 e. The highest BCUT2D eigenvalue weighted by Crippen LogP contribution is 2.44. The Hall–Kier alpha value is -3.81. The molecule has 1 aromatic carbocycles. The van der Waals surface area contributed by atoms with E-state index in [0.29, 0.717) is 59.2 Å². The standard InChI is InChI=1S/C31H36FN5O2/c1-5-39-31-18(2)12-26(37-30(31)24-10-11-35-19(3)28(24)32)25(21-6-7-21)17-34-15-20-13-22(16-36-23-8-9-23)29(33)27(14-20)38-4/h10-16,21,23,25H,5-9,17,33H2,1-4H3. The van der Waals surface area contributed by atoms with Gasteiger partial charge in [-0.2, -0.15) is 0 Å². The molecule has 0 spiro atoms. The summed E-state index contributed by atoms with van der Waals surface area (Å²) < 4.78 is 26.6. The molecule has 3 aromatic rings. The van der Waals surface area contributed by atoms with E-state index >= 15 is 4.39 Å². The molecule has 1 atom stereocenters. The Morgan fingerprint density at radius 1 is 1.15 bits per heavy atom. The average Bonchev–Trinajstić information content (AvgIpc) is 3.84. The predicted octanol–water partition coefficient (Wildman–Crippen LogP) is 6.08. The van der Waals surface area contributed by atoms with Crippen LogP contribution in [0.4, 0.5) is 10.1 Å². The van der Waals surface area contributed by atoms with Crippen LogP contribution in [0.3, 0.4) is 0 Å². The fourth-order valence-electron chi connectivity index (χ4n) is 4.80. The first-order valence-electron chi connectivity index (χ1n) is 13.7. The minimum atomic E-state index is -0.373. The second-order valence-electron chi connectivity index (χ2n) is 10.4. The monoisotopic (exact) mass is 529 g/mol. The van der Waals surface area contributed by atoms with E-state index < -0.39 is 0 Å². The number of hydrogen-bond donors (Lipinski definition) is 1. The number of benzene rings is 1. The third-order valence-electron chi connectivity index (χ3n) is 7.29. The Morgan fingerprint density at radius 3 is 2.64 bits per heavy atom. The predicted molar refractivity (Wildman–Crippen MR) is 154 cm³/mol. The fourth-order valence-corrected chi connectivity index (χ4v) is 4.80. The van der Waals surface area contributed by atoms with E-state index in [9.17, 15) is 0 Å². The lowest BCUT2D eigenvalue weighted by molar-refractivity contribution is 0.337. The van der Waals surface area contributed by atoms with Crippen molar-refractivity contribution < 1.29 is 13.9 Å². The molecule has 0 radical (unpaired) electrons. The van der Waals surface area contributed by atoms with Gasteiger partial charge in [-0.1, -0.05) is 0 Å². The largest absolute Gasteiger partial charge is 0.495 e. The van der Waals surface area contributed by atoms with Crippen molar-refractivity contribution in [3.63, 3.8) is 0 Å². The van der Waals surface area contributed by atoms with E-state index in [1.54, 1.807) is 26.3 Å². The van der Waals surface area contributed by atoms with Gasteiger partial charge in [0.15, 0.2) is 5.82 Å². The molecule has 8 heteroatoms. The fraction of sp³-hybridized carbons (Fsp3) is 0.419. The van der Waals surface area contributed by atoms with Gasteiger partial charge in [-0.05, 0) is 87.8 Å². The van der Waals surface area contributed by atoms with Crippen molar-refractivity contribution in [1.29, 1.82) is 0 Å². The lowest BCUT2D eigenvalue weighted by Gasteiger charge is -2.19. The second kappa shape index (κ2) is 11.5. The Kier molecular flexibility index (Phi) is 7.91. The summed E-state index contributed by atoms with van der Waals surface area (Å²) in [6.07, 6.45) is 9.83. The van der Waals surface area contributed by atoms with Gasteiger partial charge < -0.3 is 15.2 Å². The van der Waals surface area contributed by atoms with Gasteiger partial charge in [0.25, 0.3) is 0 Å². The molecule has 2 aromatic heterocycles. The van der Waals surface area contributed by atoms with E-state index in [0.717, 1.165) is 48.1 Å². The second-order valence-corrected chi connectivity index (χ2v) is 10.4. The number of nitrogen functional groups attached to an aromatic ring is 1. The molecule has 2 aliphatic carbocycles. The molecule has 7 nitrogen and oxygen atoms in total. The zero-order chi connectivity index (χ0) is 27.5. The highest BCUT2D eigenvalue weighted by Gasteiger charge is 2.34.